The predicted octanol–water partition coefficient (Wildman–Crippen LogP) is 1.28. The van der Waals surface area contributed by atoms with Crippen molar-refractivity contribution in [2.45, 2.75) is 19.9 Å². The number of alkyl halides is 1. The van der Waals surface area contributed by atoms with E-state index in [9.17, 15) is 0 Å². The van der Waals surface area contributed by atoms with Gasteiger partial charge in [0.2, 0.25) is 5.82 Å². The highest BCUT2D eigenvalue weighted by Crippen LogP contribution is 1.90. The van der Waals surface area contributed by atoms with Crippen molar-refractivity contribution in [2.24, 2.45) is 0 Å². The first-order valence-electron chi connectivity index (χ1n) is 3.81. The summed E-state index contributed by atoms with van der Waals surface area (Å²) in [6.45, 7) is 2.80. The van der Waals surface area contributed by atoms with Crippen LogP contribution in [-0.4, -0.2) is 20.6 Å². The predicted molar refractivity (Wildman–Crippen MR) is 47.9 cm³/mol. The van der Waals surface area contributed by atoms with Gasteiger partial charge in [-0.05, 0) is 12.8 Å². The van der Waals surface area contributed by atoms with Gasteiger partial charge in [0.25, 0.3) is 0 Å². The molecule has 0 saturated heterocycles. The minimum atomic E-state index is 0.563. The summed E-state index contributed by atoms with van der Waals surface area (Å²) in [4.78, 5) is 3.99. The molecular formula is C8H10ClN3. The van der Waals surface area contributed by atoms with E-state index in [0.29, 0.717) is 18.1 Å². The maximum atomic E-state index is 5.47. The molecule has 1 heterocycles. The lowest BCUT2D eigenvalue weighted by Crippen LogP contribution is -1.99. The minimum Gasteiger partial charge on any atom is -0.239 e. The normalized spacial score (nSPS) is 9.17. The van der Waals surface area contributed by atoms with Gasteiger partial charge in [-0.2, -0.15) is 5.10 Å². The molecule has 0 radical (unpaired) electrons. The van der Waals surface area contributed by atoms with Gasteiger partial charge in [0.1, 0.15) is 6.33 Å². The molecule has 0 fully saturated rings. The second kappa shape index (κ2) is 4.78. The molecule has 0 amide bonds. The molecule has 3 nitrogen and oxygen atoms in total. The summed E-state index contributed by atoms with van der Waals surface area (Å²) in [5.41, 5.74) is 0. The highest BCUT2D eigenvalue weighted by atomic mass is 35.5. The van der Waals surface area contributed by atoms with E-state index in [1.165, 1.54) is 6.33 Å². The van der Waals surface area contributed by atoms with Gasteiger partial charge in [0.15, 0.2) is 0 Å². The zero-order valence-corrected chi connectivity index (χ0v) is 7.67. The van der Waals surface area contributed by atoms with E-state index < -0.39 is 0 Å². The molecule has 0 unspecified atom stereocenters. The van der Waals surface area contributed by atoms with E-state index in [1.54, 1.807) is 4.68 Å². The van der Waals surface area contributed by atoms with Crippen LogP contribution in [0.1, 0.15) is 19.2 Å². The Morgan fingerprint density at radius 3 is 3.17 bits per heavy atom. The first-order chi connectivity index (χ1) is 5.88. The molecule has 12 heavy (non-hydrogen) atoms. The standard InChI is InChI=1S/C8H10ClN3/c1-2-12-8(10-7-11-12)5-3-4-6-9/h7H,2,4,6H2,1H3. The quantitative estimate of drug-likeness (QED) is 0.511. The van der Waals surface area contributed by atoms with Crippen molar-refractivity contribution in [3.63, 3.8) is 0 Å². The summed E-state index contributed by atoms with van der Waals surface area (Å²) in [5, 5.41) is 3.98. The van der Waals surface area contributed by atoms with Crippen molar-refractivity contribution < 1.29 is 0 Å². The second-order valence-corrected chi connectivity index (χ2v) is 2.52. The Labute approximate surface area is 76.8 Å². The fourth-order valence-corrected chi connectivity index (χ4v) is 0.876. The van der Waals surface area contributed by atoms with Crippen LogP contribution < -0.4 is 0 Å². The van der Waals surface area contributed by atoms with Gasteiger partial charge in [0, 0.05) is 18.8 Å². The van der Waals surface area contributed by atoms with Crippen molar-refractivity contribution in [2.75, 3.05) is 5.88 Å². The maximum Gasteiger partial charge on any atom is 0.203 e. The van der Waals surface area contributed by atoms with Gasteiger partial charge < -0.3 is 0 Å². The Morgan fingerprint density at radius 2 is 2.50 bits per heavy atom. The molecule has 0 aromatic carbocycles. The Balaban J connectivity index is 2.69. The van der Waals surface area contributed by atoms with Gasteiger partial charge in [-0.3, -0.25) is 0 Å². The van der Waals surface area contributed by atoms with Crippen LogP contribution >= 0.6 is 11.6 Å². The number of hydrogen-bond donors (Lipinski definition) is 0. The van der Waals surface area contributed by atoms with Crippen molar-refractivity contribution in [3.8, 4) is 11.8 Å². The number of aryl methyl sites for hydroxylation is 1. The molecule has 1 aromatic rings. The Kier molecular flexibility index (Phi) is 3.62. The van der Waals surface area contributed by atoms with Gasteiger partial charge >= 0.3 is 0 Å². The molecule has 0 aliphatic heterocycles. The summed E-state index contributed by atoms with van der Waals surface area (Å²) in [5.74, 6) is 7.08. The molecule has 0 aliphatic carbocycles. The molecule has 0 aliphatic rings. The third-order valence-corrected chi connectivity index (χ3v) is 1.52. The van der Waals surface area contributed by atoms with Crippen LogP contribution in [0.5, 0.6) is 0 Å². The lowest BCUT2D eigenvalue weighted by atomic mass is 10.4. The smallest absolute Gasteiger partial charge is 0.203 e. The first-order valence-corrected chi connectivity index (χ1v) is 4.34. The minimum absolute atomic E-state index is 0.563. The monoisotopic (exact) mass is 183 g/mol. The summed E-state index contributed by atoms with van der Waals surface area (Å²) < 4.78 is 1.75. The van der Waals surface area contributed by atoms with Gasteiger partial charge in [0.05, 0.1) is 0 Å². The van der Waals surface area contributed by atoms with E-state index in [0.717, 1.165) is 6.54 Å². The zero-order chi connectivity index (χ0) is 8.81. The summed E-state index contributed by atoms with van der Waals surface area (Å²) in [6, 6.07) is 0. The van der Waals surface area contributed by atoms with Crippen LogP contribution in [0.2, 0.25) is 0 Å². The molecule has 0 bridgehead atoms. The Hall–Kier alpha value is -1.01. The van der Waals surface area contributed by atoms with Crippen LogP contribution in [0.4, 0.5) is 0 Å². The van der Waals surface area contributed by atoms with Crippen LogP contribution in [-0.2, 0) is 6.54 Å². The fourth-order valence-electron chi connectivity index (χ4n) is 0.781. The van der Waals surface area contributed by atoms with Crippen molar-refractivity contribution in [3.05, 3.63) is 12.2 Å². The van der Waals surface area contributed by atoms with E-state index in [-0.39, 0.29) is 0 Å². The largest absolute Gasteiger partial charge is 0.239 e. The van der Waals surface area contributed by atoms with Gasteiger partial charge in [-0.1, -0.05) is 5.92 Å². The molecule has 4 heteroatoms. The number of rotatable bonds is 2. The molecule has 0 saturated carbocycles. The van der Waals surface area contributed by atoms with Crippen LogP contribution in [0.3, 0.4) is 0 Å². The van der Waals surface area contributed by atoms with Crippen LogP contribution in [0, 0.1) is 11.8 Å². The molecule has 0 N–H and O–H groups in total. The van der Waals surface area contributed by atoms with E-state index in [1.807, 2.05) is 6.92 Å². The van der Waals surface area contributed by atoms with E-state index in [4.69, 9.17) is 11.6 Å². The number of nitrogens with zero attached hydrogens (tertiary/aromatic N) is 3. The van der Waals surface area contributed by atoms with Crippen LogP contribution in [0.25, 0.3) is 0 Å². The topological polar surface area (TPSA) is 30.7 Å². The maximum absolute atomic E-state index is 5.47. The zero-order valence-electron chi connectivity index (χ0n) is 6.92. The molecule has 64 valence electrons. The highest BCUT2D eigenvalue weighted by molar-refractivity contribution is 6.18. The third-order valence-electron chi connectivity index (χ3n) is 1.33. The van der Waals surface area contributed by atoms with Gasteiger partial charge in [-0.25, -0.2) is 9.67 Å². The van der Waals surface area contributed by atoms with E-state index in [2.05, 4.69) is 21.9 Å². The first kappa shape index (κ1) is 9.08. The lowest BCUT2D eigenvalue weighted by molar-refractivity contribution is 0.649. The van der Waals surface area contributed by atoms with Crippen molar-refractivity contribution in [1.82, 2.24) is 14.8 Å². The number of aromatic nitrogens is 3. The third kappa shape index (κ3) is 2.24. The van der Waals surface area contributed by atoms with Crippen molar-refractivity contribution >= 4 is 11.6 Å². The Bertz CT molecular complexity index is 295. The fraction of sp³-hybridized carbons (Fsp3) is 0.500. The molecule has 1 aromatic heterocycles. The average molecular weight is 184 g/mol. The lowest BCUT2D eigenvalue weighted by Gasteiger charge is -1.92. The summed E-state index contributed by atoms with van der Waals surface area (Å²) in [6.07, 6.45) is 2.20. The number of hydrogen-bond acceptors (Lipinski definition) is 2. The molecule has 1 rings (SSSR count). The SMILES string of the molecule is CCn1ncnc1C#CCCCl. The van der Waals surface area contributed by atoms with Crippen molar-refractivity contribution in [1.29, 1.82) is 0 Å². The molecule has 0 atom stereocenters. The molecule has 0 spiro atoms. The average Bonchev–Trinajstić information content (AvgIpc) is 2.52. The van der Waals surface area contributed by atoms with E-state index >= 15 is 0 Å². The molecular weight excluding hydrogens is 174 g/mol. The van der Waals surface area contributed by atoms with Gasteiger partial charge in [-0.15, -0.1) is 11.6 Å². The number of halogens is 1. The summed E-state index contributed by atoms with van der Waals surface area (Å²) in [7, 11) is 0. The summed E-state index contributed by atoms with van der Waals surface area (Å²) >= 11 is 5.47. The second-order valence-electron chi connectivity index (χ2n) is 2.14. The Morgan fingerprint density at radius 1 is 1.67 bits per heavy atom. The highest BCUT2D eigenvalue weighted by Gasteiger charge is 1.95. The van der Waals surface area contributed by atoms with Crippen LogP contribution in [0.15, 0.2) is 6.33 Å².